The maximum absolute atomic E-state index is 4.75. The van der Waals surface area contributed by atoms with Crippen LogP contribution in [0.5, 0.6) is 0 Å². The van der Waals surface area contributed by atoms with Gasteiger partial charge in [-0.15, -0.1) is 24.0 Å². The number of aromatic amines is 1. The smallest absolute Gasteiger partial charge is 0.191 e. The van der Waals surface area contributed by atoms with Crippen LogP contribution in [-0.2, 0) is 6.42 Å². The molecule has 0 amide bonds. The molecule has 0 atom stereocenters. The highest BCUT2D eigenvalue weighted by atomic mass is 127. The Morgan fingerprint density at radius 1 is 1.26 bits per heavy atom. The second kappa shape index (κ2) is 11.5. The van der Waals surface area contributed by atoms with Crippen molar-refractivity contribution in [3.63, 3.8) is 0 Å². The summed E-state index contributed by atoms with van der Waals surface area (Å²) in [7, 11) is 0. The molecule has 0 radical (unpaired) electrons. The number of nitrogens with zero attached hydrogens (tertiary/aromatic N) is 3. The van der Waals surface area contributed by atoms with Gasteiger partial charge in [0.15, 0.2) is 5.96 Å². The van der Waals surface area contributed by atoms with Gasteiger partial charge in [0, 0.05) is 38.6 Å². The fourth-order valence-corrected chi connectivity index (χ4v) is 3.53. The molecule has 2 heterocycles. The Bertz CT molecular complexity index is 672. The lowest BCUT2D eigenvalue weighted by atomic mass is 10.1. The molecule has 0 bridgehead atoms. The highest BCUT2D eigenvalue weighted by Gasteiger charge is 2.19. The number of aliphatic imine (C=N–C) groups is 1. The minimum Gasteiger partial charge on any atom is -0.357 e. The number of rotatable bonds is 7. The summed E-state index contributed by atoms with van der Waals surface area (Å²) in [6, 6.07) is 8.67. The average Bonchev–Trinajstić information content (AvgIpc) is 3.06. The molecule has 1 aliphatic rings. The van der Waals surface area contributed by atoms with Crippen LogP contribution < -0.4 is 10.6 Å². The predicted octanol–water partition coefficient (Wildman–Crippen LogP) is 3.15. The quantitative estimate of drug-likeness (QED) is 0.321. The van der Waals surface area contributed by atoms with E-state index in [0.29, 0.717) is 6.04 Å². The van der Waals surface area contributed by atoms with Gasteiger partial charge in [-0.05, 0) is 44.9 Å². The molecule has 150 valence electrons. The summed E-state index contributed by atoms with van der Waals surface area (Å²) in [4.78, 5) is 15.3. The first-order valence-corrected chi connectivity index (χ1v) is 9.99. The van der Waals surface area contributed by atoms with E-state index in [1.54, 1.807) is 0 Å². The van der Waals surface area contributed by atoms with Gasteiger partial charge in [0.1, 0.15) is 5.82 Å². The molecule has 1 fully saturated rings. The molecule has 3 rings (SSSR count). The number of guanidine groups is 1. The van der Waals surface area contributed by atoms with E-state index in [1.807, 2.05) is 18.2 Å². The molecule has 0 unspecified atom stereocenters. The Hall–Kier alpha value is -1.35. The molecule has 27 heavy (non-hydrogen) atoms. The number of aromatic nitrogens is 2. The zero-order valence-electron chi connectivity index (χ0n) is 16.5. The Balaban J connectivity index is 0.00000261. The fraction of sp³-hybridized carbons (Fsp3) is 0.600. The lowest BCUT2D eigenvalue weighted by molar-refractivity contribution is 0.206. The van der Waals surface area contributed by atoms with Crippen molar-refractivity contribution >= 4 is 41.0 Å². The molecule has 1 aromatic carbocycles. The van der Waals surface area contributed by atoms with E-state index in [0.717, 1.165) is 42.3 Å². The number of hydrogen-bond acceptors (Lipinski definition) is 3. The zero-order chi connectivity index (χ0) is 18.2. The number of H-pyrrole nitrogens is 1. The number of likely N-dealkylation sites (tertiary alicyclic amines) is 1. The van der Waals surface area contributed by atoms with E-state index < -0.39 is 0 Å². The van der Waals surface area contributed by atoms with Gasteiger partial charge in [0.2, 0.25) is 0 Å². The average molecular weight is 484 g/mol. The fourth-order valence-electron chi connectivity index (χ4n) is 3.53. The lowest BCUT2D eigenvalue weighted by Crippen LogP contribution is -2.48. The van der Waals surface area contributed by atoms with Gasteiger partial charge in [-0.2, -0.15) is 0 Å². The number of benzene rings is 1. The minimum absolute atomic E-state index is 0. The van der Waals surface area contributed by atoms with E-state index in [9.17, 15) is 0 Å². The van der Waals surface area contributed by atoms with Crippen LogP contribution in [0, 0.1) is 0 Å². The van der Waals surface area contributed by atoms with E-state index in [2.05, 4.69) is 45.4 Å². The number of halogens is 1. The number of imidazole rings is 1. The molecular formula is C20H33IN6. The summed E-state index contributed by atoms with van der Waals surface area (Å²) >= 11 is 0. The predicted molar refractivity (Wildman–Crippen MR) is 124 cm³/mol. The van der Waals surface area contributed by atoms with E-state index >= 15 is 0 Å². The summed E-state index contributed by atoms with van der Waals surface area (Å²) in [6.07, 6.45) is 4.44. The number of fused-ring (bicyclic) bond motifs is 1. The first-order valence-electron chi connectivity index (χ1n) is 9.99. The van der Waals surface area contributed by atoms with Gasteiger partial charge >= 0.3 is 0 Å². The van der Waals surface area contributed by atoms with Gasteiger partial charge in [0.05, 0.1) is 11.0 Å². The normalized spacial score (nSPS) is 16.3. The Kier molecular flexibility index (Phi) is 9.33. The minimum atomic E-state index is 0. The van der Waals surface area contributed by atoms with Crippen LogP contribution in [0.2, 0.25) is 0 Å². The molecule has 0 saturated carbocycles. The third kappa shape index (κ3) is 6.64. The molecular weight excluding hydrogens is 451 g/mol. The van der Waals surface area contributed by atoms with Crippen molar-refractivity contribution < 1.29 is 0 Å². The van der Waals surface area contributed by atoms with Gasteiger partial charge in [-0.3, -0.25) is 4.99 Å². The van der Waals surface area contributed by atoms with Crippen molar-refractivity contribution in [2.75, 3.05) is 32.7 Å². The molecule has 1 saturated heterocycles. The summed E-state index contributed by atoms with van der Waals surface area (Å²) in [5.41, 5.74) is 2.12. The second-order valence-electron chi connectivity index (χ2n) is 6.97. The highest BCUT2D eigenvalue weighted by Crippen LogP contribution is 2.11. The molecule has 1 aliphatic heterocycles. The number of piperidine rings is 1. The Morgan fingerprint density at radius 3 is 2.74 bits per heavy atom. The van der Waals surface area contributed by atoms with Crippen molar-refractivity contribution in [2.45, 2.75) is 45.6 Å². The van der Waals surface area contributed by atoms with Crippen molar-refractivity contribution in [3.05, 3.63) is 30.1 Å². The maximum Gasteiger partial charge on any atom is 0.191 e. The van der Waals surface area contributed by atoms with E-state index in [-0.39, 0.29) is 24.0 Å². The third-order valence-electron chi connectivity index (χ3n) is 4.87. The summed E-state index contributed by atoms with van der Waals surface area (Å²) in [6.45, 7) is 9.56. The Labute approximate surface area is 179 Å². The van der Waals surface area contributed by atoms with Crippen LogP contribution in [0.1, 0.15) is 38.9 Å². The van der Waals surface area contributed by atoms with Crippen LogP contribution in [0.4, 0.5) is 0 Å². The van der Waals surface area contributed by atoms with E-state index in [1.165, 1.54) is 38.9 Å². The van der Waals surface area contributed by atoms with Gasteiger partial charge in [-0.1, -0.05) is 19.1 Å². The number of para-hydroxylation sites is 2. The molecule has 0 aliphatic carbocycles. The van der Waals surface area contributed by atoms with Crippen LogP contribution >= 0.6 is 24.0 Å². The van der Waals surface area contributed by atoms with Crippen LogP contribution in [0.3, 0.4) is 0 Å². The van der Waals surface area contributed by atoms with E-state index in [4.69, 9.17) is 4.99 Å². The van der Waals surface area contributed by atoms with Crippen LogP contribution in [0.25, 0.3) is 11.0 Å². The standard InChI is InChI=1S/C20H32N6.HI/c1-3-13-26-14-10-16(11-15-26)23-20(21-4-2)22-12-9-19-24-17-7-5-6-8-18(17)25-19;/h5-8,16H,3-4,9-15H2,1-2H3,(H,24,25)(H2,21,22,23);1H. The van der Waals surface area contributed by atoms with Crippen LogP contribution in [0.15, 0.2) is 29.3 Å². The molecule has 3 N–H and O–H groups in total. The monoisotopic (exact) mass is 484 g/mol. The van der Waals surface area contributed by atoms with Gasteiger partial charge < -0.3 is 20.5 Å². The molecule has 6 nitrogen and oxygen atoms in total. The van der Waals surface area contributed by atoms with Gasteiger partial charge in [0.25, 0.3) is 0 Å². The van der Waals surface area contributed by atoms with Crippen molar-refractivity contribution in [2.24, 2.45) is 4.99 Å². The second-order valence-corrected chi connectivity index (χ2v) is 6.97. The largest absolute Gasteiger partial charge is 0.357 e. The topological polar surface area (TPSA) is 68.3 Å². The summed E-state index contributed by atoms with van der Waals surface area (Å²) in [5, 5.41) is 6.99. The third-order valence-corrected chi connectivity index (χ3v) is 4.87. The molecule has 2 aromatic rings. The molecule has 7 heteroatoms. The SMILES string of the molecule is CCCN1CCC(NC(=NCCc2nc3ccccc3[nH]2)NCC)CC1.I. The number of nitrogens with one attached hydrogen (secondary N) is 3. The zero-order valence-corrected chi connectivity index (χ0v) is 18.8. The summed E-state index contributed by atoms with van der Waals surface area (Å²) < 4.78 is 0. The van der Waals surface area contributed by atoms with Crippen molar-refractivity contribution in [1.82, 2.24) is 25.5 Å². The molecule has 0 spiro atoms. The Morgan fingerprint density at radius 2 is 2.04 bits per heavy atom. The van der Waals surface area contributed by atoms with Crippen LogP contribution in [-0.4, -0.2) is 59.6 Å². The van der Waals surface area contributed by atoms with Gasteiger partial charge in [-0.25, -0.2) is 4.98 Å². The summed E-state index contributed by atoms with van der Waals surface area (Å²) in [5.74, 6) is 1.93. The first kappa shape index (κ1) is 21.9. The first-order chi connectivity index (χ1) is 12.8. The van der Waals surface area contributed by atoms with Crippen molar-refractivity contribution in [1.29, 1.82) is 0 Å². The maximum atomic E-state index is 4.75. The highest BCUT2D eigenvalue weighted by molar-refractivity contribution is 14.0. The molecule has 1 aromatic heterocycles. The lowest BCUT2D eigenvalue weighted by Gasteiger charge is -2.32. The van der Waals surface area contributed by atoms with Crippen molar-refractivity contribution in [3.8, 4) is 0 Å². The number of hydrogen-bond donors (Lipinski definition) is 3.